The predicted octanol–water partition coefficient (Wildman–Crippen LogP) is 3.62. The molecule has 3 heterocycles. The Hall–Kier alpha value is -0.640. The molecule has 0 aliphatic carbocycles. The first-order valence-electron chi connectivity index (χ1n) is 11.4. The first-order valence-corrected chi connectivity index (χ1v) is 13.1. The third-order valence-corrected chi connectivity index (χ3v) is 6.14. The van der Waals surface area contributed by atoms with E-state index in [1.165, 1.54) is 57.0 Å². The van der Waals surface area contributed by atoms with Crippen LogP contribution in [0, 0.1) is 0 Å². The fourth-order valence-electron chi connectivity index (χ4n) is 3.40. The second-order valence-corrected chi connectivity index (χ2v) is 9.08. The maximum atomic E-state index is 11.3. The molecule has 3 aliphatic rings. The lowest BCUT2D eigenvalue weighted by molar-refractivity contribution is 0.101. The second kappa shape index (κ2) is 19.1. The van der Waals surface area contributed by atoms with E-state index in [0.717, 1.165) is 51.9 Å². The van der Waals surface area contributed by atoms with Crippen LogP contribution in [0.5, 0.6) is 0 Å². The lowest BCUT2D eigenvalue weighted by Gasteiger charge is -2.25. The summed E-state index contributed by atoms with van der Waals surface area (Å²) in [4.78, 5) is 26.2. The van der Waals surface area contributed by atoms with E-state index in [1.807, 2.05) is 4.90 Å². The van der Waals surface area contributed by atoms with Crippen LogP contribution < -0.4 is 5.32 Å². The summed E-state index contributed by atoms with van der Waals surface area (Å²) in [7, 11) is 0. The maximum Gasteiger partial charge on any atom is 0.409 e. The van der Waals surface area contributed by atoms with Gasteiger partial charge in [0.1, 0.15) is 6.61 Å². The van der Waals surface area contributed by atoms with Crippen molar-refractivity contribution in [2.75, 3.05) is 64.0 Å². The average Bonchev–Trinajstić information content (AvgIpc) is 2.84. The fraction of sp³-hybridized carbons (Fsp3) is 0.905. The zero-order valence-electron chi connectivity index (χ0n) is 18.4. The Labute approximate surface area is 192 Å². The molecule has 0 aromatic heterocycles. The summed E-state index contributed by atoms with van der Waals surface area (Å²) in [6.07, 6.45) is 11.0. The van der Waals surface area contributed by atoms with Crippen molar-refractivity contribution in [2.24, 2.45) is 0 Å². The van der Waals surface area contributed by atoms with Crippen molar-refractivity contribution < 1.29 is 19.4 Å². The number of aliphatic hydroxyl groups is 1. The molecular weight excluding hydrogens is 422 g/mol. The maximum absolute atomic E-state index is 11.3. The van der Waals surface area contributed by atoms with Crippen molar-refractivity contribution in [2.45, 2.75) is 57.8 Å². The molecule has 0 aromatic carbocycles. The molecule has 0 radical (unpaired) electrons. The highest BCUT2D eigenvalue weighted by molar-refractivity contribution is 8.13. The molecule has 3 fully saturated rings. The molecule has 0 saturated carbocycles. The molecule has 9 heteroatoms. The first kappa shape index (κ1) is 27.4. The fourth-order valence-corrected chi connectivity index (χ4v) is 4.13. The highest BCUT2D eigenvalue weighted by Crippen LogP contribution is 2.15. The normalized spacial score (nSPS) is 19.0. The summed E-state index contributed by atoms with van der Waals surface area (Å²) in [5.41, 5.74) is 0. The molecular formula is C21H41N3O4S2. The van der Waals surface area contributed by atoms with Gasteiger partial charge in [-0.2, -0.15) is 12.6 Å². The Morgan fingerprint density at radius 3 is 1.83 bits per heavy atom. The van der Waals surface area contributed by atoms with Gasteiger partial charge in [0.15, 0.2) is 0 Å². The minimum atomic E-state index is -0.177. The van der Waals surface area contributed by atoms with Crippen LogP contribution in [0.2, 0.25) is 0 Å². The average molecular weight is 464 g/mol. The van der Waals surface area contributed by atoms with Crippen molar-refractivity contribution in [3.8, 4) is 0 Å². The Balaban J connectivity index is 0.000000237. The van der Waals surface area contributed by atoms with Crippen molar-refractivity contribution >= 4 is 35.7 Å². The summed E-state index contributed by atoms with van der Waals surface area (Å²) in [6.45, 7) is 6.51. The van der Waals surface area contributed by atoms with Crippen molar-refractivity contribution in [1.29, 1.82) is 0 Å². The number of hydrogen-bond acceptors (Lipinski definition) is 7. The molecule has 0 unspecified atom stereocenters. The van der Waals surface area contributed by atoms with Crippen LogP contribution in [0.3, 0.4) is 0 Å². The van der Waals surface area contributed by atoms with Crippen LogP contribution in [0.4, 0.5) is 9.59 Å². The Bertz CT molecular complexity index is 396. The number of nitrogens with one attached hydrogen (secondary N) is 1. The largest absolute Gasteiger partial charge is 0.449 e. The lowest BCUT2D eigenvalue weighted by Crippen LogP contribution is -2.36. The molecule has 2 N–H and O–H groups in total. The highest BCUT2D eigenvalue weighted by Gasteiger charge is 2.17. The Morgan fingerprint density at radius 1 is 0.867 bits per heavy atom. The van der Waals surface area contributed by atoms with Gasteiger partial charge >= 0.3 is 6.09 Å². The van der Waals surface area contributed by atoms with Crippen LogP contribution in [0.1, 0.15) is 57.8 Å². The summed E-state index contributed by atoms with van der Waals surface area (Å²) >= 11 is 5.18. The quantitative estimate of drug-likeness (QED) is 0.553. The molecule has 2 amide bonds. The zero-order chi connectivity index (χ0) is 21.9. The summed E-state index contributed by atoms with van der Waals surface area (Å²) < 4.78 is 4.94. The van der Waals surface area contributed by atoms with E-state index in [9.17, 15) is 9.59 Å². The number of aliphatic hydroxyl groups excluding tert-OH is 1. The molecule has 176 valence electrons. The molecule has 0 atom stereocenters. The van der Waals surface area contributed by atoms with Gasteiger partial charge in [-0.15, -0.1) is 0 Å². The van der Waals surface area contributed by atoms with E-state index in [2.05, 4.69) is 17.9 Å². The van der Waals surface area contributed by atoms with E-state index >= 15 is 0 Å². The van der Waals surface area contributed by atoms with Gasteiger partial charge in [-0.1, -0.05) is 18.2 Å². The summed E-state index contributed by atoms with van der Waals surface area (Å²) in [5, 5.41) is 11.9. The molecule has 0 aromatic rings. The standard InChI is InChI=1S/2C8H15NO2S.C5H11N/c10-8(11-6-7-12)9-4-2-1-3-5-9;10-6-7-12-8(11)9-4-2-1-3-5-9;1-2-4-6-5-3-1/h12H,1-7H2;10H,1-7H2;6H,1-5H2. The van der Waals surface area contributed by atoms with E-state index in [-0.39, 0.29) is 17.9 Å². The second-order valence-electron chi connectivity index (χ2n) is 7.58. The first-order chi connectivity index (χ1) is 14.7. The highest BCUT2D eigenvalue weighted by atomic mass is 32.2. The third kappa shape index (κ3) is 13.6. The number of rotatable bonds is 4. The molecule has 7 nitrogen and oxygen atoms in total. The summed E-state index contributed by atoms with van der Waals surface area (Å²) in [6, 6.07) is 0. The van der Waals surface area contributed by atoms with Gasteiger partial charge in [-0.25, -0.2) is 4.79 Å². The monoisotopic (exact) mass is 463 g/mol. The smallest absolute Gasteiger partial charge is 0.409 e. The van der Waals surface area contributed by atoms with Gasteiger partial charge in [0.05, 0.1) is 6.61 Å². The third-order valence-electron chi connectivity index (χ3n) is 5.07. The number of likely N-dealkylation sites (tertiary alicyclic amines) is 2. The van der Waals surface area contributed by atoms with Gasteiger partial charge in [-0.05, 0) is 64.5 Å². The van der Waals surface area contributed by atoms with E-state index < -0.39 is 0 Å². The van der Waals surface area contributed by atoms with E-state index in [0.29, 0.717) is 18.1 Å². The number of ether oxygens (including phenoxy) is 1. The molecule has 0 spiro atoms. The van der Waals surface area contributed by atoms with Crippen molar-refractivity contribution in [3.63, 3.8) is 0 Å². The number of amides is 2. The number of thiol groups is 1. The van der Waals surface area contributed by atoms with Crippen LogP contribution in [0.15, 0.2) is 0 Å². The molecule has 3 saturated heterocycles. The summed E-state index contributed by atoms with van der Waals surface area (Å²) in [5.74, 6) is 1.12. The molecule has 3 aliphatic heterocycles. The van der Waals surface area contributed by atoms with Crippen LogP contribution in [0.25, 0.3) is 0 Å². The van der Waals surface area contributed by atoms with Crippen molar-refractivity contribution in [1.82, 2.24) is 15.1 Å². The zero-order valence-corrected chi connectivity index (χ0v) is 20.1. The number of thioether (sulfide) groups is 1. The SMILES string of the molecule is C1CCNCC1.O=C(OCCS)N1CCCCC1.O=C(SCCO)N1CCCCC1. The number of carbonyl (C=O) groups is 2. The van der Waals surface area contributed by atoms with Gasteiger partial charge < -0.3 is 25.0 Å². The van der Waals surface area contributed by atoms with E-state index in [1.54, 1.807) is 4.90 Å². The van der Waals surface area contributed by atoms with Crippen LogP contribution >= 0.6 is 24.4 Å². The predicted molar refractivity (Wildman–Crippen MR) is 128 cm³/mol. The van der Waals surface area contributed by atoms with Crippen LogP contribution in [-0.4, -0.2) is 90.2 Å². The van der Waals surface area contributed by atoms with Gasteiger partial charge in [0, 0.05) is 37.7 Å². The topological polar surface area (TPSA) is 82.1 Å². The molecule has 0 bridgehead atoms. The number of hydrogen-bond donors (Lipinski definition) is 3. The van der Waals surface area contributed by atoms with Gasteiger partial charge in [0.2, 0.25) is 0 Å². The minimum absolute atomic E-state index is 0.0875. The van der Waals surface area contributed by atoms with Crippen molar-refractivity contribution in [3.05, 3.63) is 0 Å². The minimum Gasteiger partial charge on any atom is -0.449 e. The lowest BCUT2D eigenvalue weighted by atomic mass is 10.1. The van der Waals surface area contributed by atoms with Gasteiger partial charge in [-0.3, -0.25) is 4.79 Å². The van der Waals surface area contributed by atoms with Gasteiger partial charge in [0.25, 0.3) is 5.24 Å². The van der Waals surface area contributed by atoms with Crippen LogP contribution in [-0.2, 0) is 4.74 Å². The molecule has 3 rings (SSSR count). The number of piperidine rings is 3. The Morgan fingerprint density at radius 2 is 1.40 bits per heavy atom. The number of carbonyl (C=O) groups excluding carboxylic acids is 2. The van der Waals surface area contributed by atoms with E-state index in [4.69, 9.17) is 9.84 Å². The molecule has 30 heavy (non-hydrogen) atoms. The number of nitrogens with zero attached hydrogens (tertiary/aromatic N) is 2. The Kier molecular flexibility index (Phi) is 17.4.